The first-order valence-electron chi connectivity index (χ1n) is 45.7. The van der Waals surface area contributed by atoms with E-state index in [9.17, 15) is 33.9 Å². The largest absolute Gasteiger partial charge is 0.481 e. The van der Waals surface area contributed by atoms with Gasteiger partial charge >= 0.3 is 5.97 Å². The topological polar surface area (TPSA) is 190 Å². The van der Waals surface area contributed by atoms with Gasteiger partial charge in [0.2, 0.25) is 29.5 Å². The summed E-state index contributed by atoms with van der Waals surface area (Å²) in [6.45, 7) is 51.5. The molecule has 656 valence electrons. The average Bonchev–Trinajstić information content (AvgIpc) is 1.30. The molecule has 5 saturated heterocycles. The molecule has 5 amide bonds. The molecule has 5 spiro atoms. The minimum Gasteiger partial charge on any atom is -0.481 e. The number of carboxylic acids is 1. The highest BCUT2D eigenvalue weighted by Crippen LogP contribution is 2.56. The third-order valence-electron chi connectivity index (χ3n) is 28.6. The van der Waals surface area contributed by atoms with Crippen LogP contribution in [0.3, 0.4) is 0 Å². The lowest BCUT2D eigenvalue weighted by Gasteiger charge is -2.47. The molecule has 0 saturated carbocycles. The smallest absolute Gasteiger partial charge is 0.311 e. The van der Waals surface area contributed by atoms with Crippen molar-refractivity contribution in [3.05, 3.63) is 177 Å². The van der Waals surface area contributed by atoms with Crippen molar-refractivity contribution in [3.63, 3.8) is 0 Å². The number of aliphatic carboxylic acids is 1. The summed E-state index contributed by atoms with van der Waals surface area (Å²) in [6.07, 6.45) is 21.7. The number of hydrogen-bond acceptors (Lipinski definition) is 11. The summed E-state index contributed by atoms with van der Waals surface area (Å²) in [5, 5.41) is 22.2. The number of carbonyl (C=O) groups is 6. The van der Waals surface area contributed by atoms with Crippen molar-refractivity contribution in [2.45, 2.75) is 290 Å². The van der Waals surface area contributed by atoms with E-state index in [1.165, 1.54) is 173 Å². The number of amides is 5. The van der Waals surface area contributed by atoms with E-state index < -0.39 is 5.97 Å². The van der Waals surface area contributed by atoms with Crippen LogP contribution in [0.2, 0.25) is 0 Å². The Labute approximate surface area is 717 Å². The molecule has 0 aromatic heterocycles. The van der Waals surface area contributed by atoms with E-state index in [4.69, 9.17) is 0 Å². The lowest BCUT2D eigenvalue weighted by molar-refractivity contribution is -0.139. The maximum atomic E-state index is 12.4. The standard InChI is InChI=1S/C21H31N3O2.C21H32N2O.2C20H30N2O.C19H27NO2.5H2/c1-4-24(5-2)20(26)15-23-12-10-21(11-13-23)14-19(22-16(3)25)17-8-6-7-9-18(17)21;1-16(24)22-19-15-21(18-8-6-5-7-17(18)19)10-13-23(14-11-21)12-9-20(2,3)4;1-15(23)21-18-13-20(17-8-6-5-7-16(17)18)9-11-22(12-10-20)14-19(2,3)4;1-3-4-13-22-14-11-20(12-15-22)10-9-19(21-16(2)23)17-7-5-6-8-18(17)20;1-18(2,3)13-20-10-8-19(9-11-20)12-15(17(21)22)14-6-4-5-7-16(14)19;;;;;/h6-9,19H,4-5,10-15H2,1-3H3,(H,22,25);5-8,19H,9-15H2,1-4H3,(H,22,24);5-8,18H,9-14H2,1-4H3,(H,21,23);5-8,19H,3-4,9-15H2,1-2H3,(H,21,23);4-7,15H,8-13H2,1-3H3,(H,21,22);5*1H/t2*19-;18-;19-;;;;;;/m0000....../s1. The summed E-state index contributed by atoms with van der Waals surface area (Å²) in [4.78, 5) is 84.9. The van der Waals surface area contributed by atoms with Gasteiger partial charge in [0.05, 0.1) is 36.6 Å². The van der Waals surface area contributed by atoms with Crippen LogP contribution in [0.25, 0.3) is 0 Å². The summed E-state index contributed by atoms with van der Waals surface area (Å²) >= 11 is 0. The van der Waals surface area contributed by atoms with Crippen molar-refractivity contribution in [3.8, 4) is 0 Å². The first-order chi connectivity index (χ1) is 56.0. The van der Waals surface area contributed by atoms with Gasteiger partial charge in [-0.15, -0.1) is 0 Å². The second kappa shape index (κ2) is 39.3. The Hall–Kier alpha value is -7.28. The van der Waals surface area contributed by atoms with E-state index in [1.807, 2.05) is 30.9 Å². The van der Waals surface area contributed by atoms with E-state index in [-0.39, 0.29) is 88.4 Å². The Kier molecular flexibility index (Phi) is 30.4. The van der Waals surface area contributed by atoms with Gasteiger partial charge in [-0.3, -0.25) is 33.7 Å². The van der Waals surface area contributed by atoms with Gasteiger partial charge in [-0.1, -0.05) is 197 Å². The van der Waals surface area contributed by atoms with E-state index in [2.05, 4.69) is 224 Å². The van der Waals surface area contributed by atoms with Gasteiger partial charge in [-0.25, -0.2) is 0 Å². The SMILES string of the molecule is CC(=O)N[C@H]1CC2(CCN(CC(C)(C)C)CC2)c2ccccc21.CC(=O)N[C@H]1CC2(CCN(CCC(C)(C)C)CC2)c2ccccc21.CC(C)(C)CN1CCC2(CC1)CC(C(=O)O)c1ccccc12.CCCCN1CCC2(CC[C@H](NC(C)=O)c3ccccc32)CC1.CCN(CC)C(=O)CN1CCC2(CC1)C[C@H](NC(C)=O)c1ccccc12.[HH].[HH].[HH].[HH].[HH]. The molecule has 10 aliphatic rings. The number of carboxylic acid groups (broad SMARTS) is 1. The van der Waals surface area contributed by atoms with E-state index in [0.29, 0.717) is 28.2 Å². The van der Waals surface area contributed by atoms with Crippen LogP contribution in [-0.2, 0) is 55.8 Å². The Morgan fingerprint density at radius 1 is 0.381 bits per heavy atom. The molecule has 15 rings (SSSR count). The molecule has 5 aromatic carbocycles. The number of rotatable bonds is 16. The molecule has 5 atom stereocenters. The Bertz CT molecular complexity index is 4210. The molecule has 0 bridgehead atoms. The molecule has 0 radical (unpaired) electrons. The summed E-state index contributed by atoms with van der Waals surface area (Å²) in [5.74, 6) is -0.485. The van der Waals surface area contributed by atoms with Crippen LogP contribution in [0.4, 0.5) is 0 Å². The number of benzene rings is 5. The van der Waals surface area contributed by atoms with Crippen molar-refractivity contribution in [1.82, 2.24) is 50.7 Å². The summed E-state index contributed by atoms with van der Waals surface area (Å²) in [7, 11) is 0. The van der Waals surface area contributed by atoms with Gasteiger partial charge < -0.3 is 50.9 Å². The van der Waals surface area contributed by atoms with Gasteiger partial charge in [-0.2, -0.15) is 0 Å². The molecule has 5 aliphatic carbocycles. The van der Waals surface area contributed by atoms with Gasteiger partial charge in [-0.05, 0) is 291 Å². The summed E-state index contributed by atoms with van der Waals surface area (Å²) in [6, 6.07) is 43.8. The third kappa shape index (κ3) is 22.7. The summed E-state index contributed by atoms with van der Waals surface area (Å²) in [5.41, 5.74) is 15.7. The third-order valence-corrected chi connectivity index (χ3v) is 28.6. The molecule has 17 nitrogen and oxygen atoms in total. The van der Waals surface area contributed by atoms with Crippen molar-refractivity contribution in [2.24, 2.45) is 16.2 Å². The van der Waals surface area contributed by atoms with E-state index in [1.54, 1.807) is 27.7 Å². The number of likely N-dealkylation sites (tertiary alicyclic amines) is 5. The number of unbranched alkanes of at least 4 members (excludes halogenated alkanes) is 1. The van der Waals surface area contributed by atoms with Gasteiger partial charge in [0.1, 0.15) is 0 Å². The Balaban J connectivity index is 0.000000236. The van der Waals surface area contributed by atoms with E-state index in [0.717, 1.165) is 109 Å². The molecule has 5 fully saturated rings. The molecule has 5 heterocycles. The van der Waals surface area contributed by atoms with Crippen molar-refractivity contribution in [2.75, 3.05) is 111 Å². The fourth-order valence-corrected chi connectivity index (χ4v) is 22.6. The normalized spacial score (nSPS) is 23.2. The fourth-order valence-electron chi connectivity index (χ4n) is 22.6. The predicted molar refractivity (Wildman–Crippen MR) is 490 cm³/mol. The molecule has 5 aliphatic heterocycles. The number of nitrogens with zero attached hydrogens (tertiary/aromatic N) is 6. The minimum atomic E-state index is -0.665. The zero-order valence-corrected chi connectivity index (χ0v) is 75.5. The molecular weight excluding hydrogens is 1470 g/mol. The maximum absolute atomic E-state index is 12.4. The molecule has 118 heavy (non-hydrogen) atoms. The highest BCUT2D eigenvalue weighted by atomic mass is 16.4. The lowest BCUT2D eigenvalue weighted by Crippen LogP contribution is -2.47. The molecular formula is C101H160N10O7. The number of carbonyl (C=O) groups excluding carboxylic acids is 5. The second-order valence-electron chi connectivity index (χ2n) is 41.0. The molecule has 1 unspecified atom stereocenters. The van der Waals surface area contributed by atoms with Crippen LogP contribution in [0.1, 0.15) is 326 Å². The van der Waals surface area contributed by atoms with E-state index >= 15 is 0 Å². The quantitative estimate of drug-likeness (QED) is 0.0629. The van der Waals surface area contributed by atoms with Gasteiger partial charge in [0, 0.05) is 77.3 Å². The van der Waals surface area contributed by atoms with Gasteiger partial charge in [0.15, 0.2) is 0 Å². The van der Waals surface area contributed by atoms with Crippen molar-refractivity contribution >= 4 is 35.5 Å². The Morgan fingerprint density at radius 3 is 1.02 bits per heavy atom. The first-order valence-corrected chi connectivity index (χ1v) is 45.7. The zero-order chi connectivity index (χ0) is 85.0. The Morgan fingerprint density at radius 2 is 0.678 bits per heavy atom. The minimum absolute atomic E-state index is 0. The predicted octanol–water partition coefficient (Wildman–Crippen LogP) is 18.8. The maximum Gasteiger partial charge on any atom is 0.311 e. The van der Waals surface area contributed by atoms with Crippen LogP contribution < -0.4 is 21.3 Å². The molecule has 5 N–H and O–H groups in total. The van der Waals surface area contributed by atoms with Crippen LogP contribution in [-0.4, -0.2) is 181 Å². The monoisotopic (exact) mass is 1630 g/mol. The molecule has 5 aromatic rings. The van der Waals surface area contributed by atoms with Crippen LogP contribution in [0.15, 0.2) is 121 Å². The van der Waals surface area contributed by atoms with Crippen molar-refractivity contribution in [1.29, 1.82) is 0 Å². The van der Waals surface area contributed by atoms with Crippen molar-refractivity contribution < 1.29 is 41.0 Å². The molecule has 17 heteroatoms. The highest BCUT2D eigenvalue weighted by molar-refractivity contribution is 5.80. The van der Waals surface area contributed by atoms with Crippen LogP contribution in [0, 0.1) is 16.2 Å². The summed E-state index contributed by atoms with van der Waals surface area (Å²) < 4.78 is 0. The number of likely N-dealkylation sites (N-methyl/N-ethyl adjacent to an activating group) is 1. The van der Waals surface area contributed by atoms with Gasteiger partial charge in [0.25, 0.3) is 0 Å². The number of hydrogen-bond donors (Lipinski definition) is 5. The first kappa shape index (κ1) is 91.5. The average molecular weight is 1630 g/mol. The number of piperidine rings is 5. The second-order valence-corrected chi connectivity index (χ2v) is 41.0. The highest BCUT2D eigenvalue weighted by Gasteiger charge is 2.51. The zero-order valence-electron chi connectivity index (χ0n) is 75.5. The number of nitrogens with one attached hydrogen (secondary N) is 4. The van der Waals surface area contributed by atoms with Crippen LogP contribution >= 0.6 is 0 Å². The van der Waals surface area contributed by atoms with Crippen LogP contribution in [0.5, 0.6) is 0 Å². The fraction of sp³-hybridized carbons (Fsp3) is 0.644. The lowest BCUT2D eigenvalue weighted by atomic mass is 9.63. The number of fused-ring (bicyclic) bond motifs is 10.